The number of carbonyl (C=O) groups excluding carboxylic acids is 2. The van der Waals surface area contributed by atoms with Crippen LogP contribution in [-0.2, 0) is 14.3 Å². The van der Waals surface area contributed by atoms with Gasteiger partial charge in [-0.2, -0.15) is 0 Å². The van der Waals surface area contributed by atoms with Crippen LogP contribution in [-0.4, -0.2) is 44.2 Å². The van der Waals surface area contributed by atoms with Crippen molar-refractivity contribution < 1.29 is 14.3 Å². The molecule has 4 nitrogen and oxygen atoms in total. The molecule has 25 heavy (non-hydrogen) atoms. The van der Waals surface area contributed by atoms with Gasteiger partial charge in [-0.1, -0.05) is 39.0 Å². The van der Waals surface area contributed by atoms with Crippen LogP contribution < -0.4 is 4.33 Å². The number of nitrogens with one attached hydrogen (secondary N) is 1. The number of unbranched alkanes of at least 4 members (excludes halogenated alkanes) is 11. The number of ether oxygens (including phenoxy) is 1. The molecule has 0 aliphatic rings. The maximum atomic E-state index is 11.9. The van der Waals surface area contributed by atoms with Crippen molar-refractivity contribution in [2.75, 3.05) is 12.4 Å². The molecule has 148 valence electrons. The molecule has 0 aliphatic carbocycles. The van der Waals surface area contributed by atoms with Gasteiger partial charge in [-0.3, -0.25) is 0 Å². The predicted molar refractivity (Wildman–Crippen MR) is 109 cm³/mol. The fraction of sp³-hybridized carbons (Fsp3) is 0.895. The van der Waals surface area contributed by atoms with Gasteiger partial charge in [0.15, 0.2) is 0 Å². The second kappa shape index (κ2) is 18.8. The van der Waals surface area contributed by atoms with Gasteiger partial charge in [0.05, 0.1) is 0 Å². The van der Waals surface area contributed by atoms with Crippen molar-refractivity contribution in [2.45, 2.75) is 96.9 Å². The first kappa shape index (κ1) is 25.0. The zero-order valence-corrected chi connectivity index (χ0v) is 18.7. The first-order valence-electron chi connectivity index (χ1n) is 9.82. The Morgan fingerprint density at radius 2 is 1.40 bits per heavy atom. The Hall–Kier alpha value is -0.0305. The number of rotatable bonds is 18. The van der Waals surface area contributed by atoms with E-state index >= 15 is 0 Å². The van der Waals surface area contributed by atoms with Gasteiger partial charge in [0.1, 0.15) is 0 Å². The summed E-state index contributed by atoms with van der Waals surface area (Å²) < 4.78 is 8.26. The van der Waals surface area contributed by atoms with E-state index in [1.54, 1.807) is 0 Å². The van der Waals surface area contributed by atoms with Gasteiger partial charge in [0.2, 0.25) is 0 Å². The van der Waals surface area contributed by atoms with E-state index in [2.05, 4.69) is 23.9 Å². The summed E-state index contributed by atoms with van der Waals surface area (Å²) in [6, 6.07) is -0.468. The van der Waals surface area contributed by atoms with Gasteiger partial charge in [-0.05, 0) is 0 Å². The molecular weight excluding hydrogens is 401 g/mol. The van der Waals surface area contributed by atoms with Crippen molar-refractivity contribution in [1.29, 1.82) is 0 Å². The number of hydrogen-bond donors (Lipinski definition) is 2. The van der Waals surface area contributed by atoms with Crippen LogP contribution >= 0.6 is 12.6 Å². The molecule has 0 amide bonds. The third-order valence-corrected chi connectivity index (χ3v) is 5.87. The third-order valence-electron chi connectivity index (χ3n) is 4.05. The quantitative estimate of drug-likeness (QED) is 0.145. The van der Waals surface area contributed by atoms with Crippen molar-refractivity contribution in [2.24, 2.45) is 0 Å². The summed E-state index contributed by atoms with van der Waals surface area (Å²) in [6.45, 7) is 4.24. The zero-order valence-electron chi connectivity index (χ0n) is 16.1. The average molecular weight is 439 g/mol. The molecule has 0 radical (unpaired) electrons. The Kier molecular flexibility index (Phi) is 18.7. The standard InChI is InChI=1S/C19H37NO3SSe/c1-3-4-5-6-7-8-9-10-11-12-13-14-15-23-19(22)18(16-24)20-25-17(2)21/h18,20,24H,3-16H2,1-2H3. The SMILES string of the molecule is CCCCCCCCCCCCCCOC(=O)C(CS)N[Se]C(C)=O. The van der Waals surface area contributed by atoms with Gasteiger partial charge < -0.3 is 0 Å². The minimum atomic E-state index is -0.468. The van der Waals surface area contributed by atoms with Crippen LogP contribution in [0.1, 0.15) is 90.9 Å². The summed E-state index contributed by atoms with van der Waals surface area (Å²) in [5.74, 6) is 0.0629. The minimum absolute atomic E-state index is 0.0630. The molecule has 0 aromatic carbocycles. The molecule has 0 aliphatic heterocycles. The van der Waals surface area contributed by atoms with Crippen molar-refractivity contribution >= 4 is 38.5 Å². The molecule has 1 unspecified atom stereocenters. The summed E-state index contributed by atoms with van der Waals surface area (Å²) in [4.78, 5) is 22.8. The molecule has 0 heterocycles. The Morgan fingerprint density at radius 3 is 1.84 bits per heavy atom. The number of hydrogen-bond acceptors (Lipinski definition) is 5. The molecule has 6 heteroatoms. The summed E-state index contributed by atoms with van der Waals surface area (Å²) in [5, 5.41) is 0. The number of thiol groups is 1. The van der Waals surface area contributed by atoms with E-state index in [0.29, 0.717) is 12.4 Å². The van der Waals surface area contributed by atoms with E-state index in [0.717, 1.165) is 12.8 Å². The molecule has 0 saturated carbocycles. The van der Waals surface area contributed by atoms with Crippen molar-refractivity contribution in [1.82, 2.24) is 4.33 Å². The van der Waals surface area contributed by atoms with E-state index in [1.807, 2.05) is 0 Å². The van der Waals surface area contributed by atoms with Gasteiger partial charge in [0.25, 0.3) is 0 Å². The van der Waals surface area contributed by atoms with Crippen molar-refractivity contribution in [3.05, 3.63) is 0 Å². The summed E-state index contributed by atoms with van der Waals surface area (Å²) in [7, 11) is 0. The van der Waals surface area contributed by atoms with Crippen LogP contribution in [0, 0.1) is 0 Å². The molecule has 0 aromatic heterocycles. The van der Waals surface area contributed by atoms with Crippen LogP contribution in [0.15, 0.2) is 0 Å². The Bertz CT molecular complexity index is 343. The van der Waals surface area contributed by atoms with E-state index in [9.17, 15) is 9.59 Å². The fourth-order valence-corrected chi connectivity index (χ4v) is 4.07. The molecule has 1 atom stereocenters. The predicted octanol–water partition coefficient (Wildman–Crippen LogP) is 4.28. The molecule has 0 fully saturated rings. The third kappa shape index (κ3) is 17.2. The molecule has 1 N–H and O–H groups in total. The second-order valence-electron chi connectivity index (χ2n) is 6.50. The van der Waals surface area contributed by atoms with Gasteiger partial charge in [-0.25, -0.2) is 0 Å². The first-order valence-corrected chi connectivity index (χ1v) is 12.2. The van der Waals surface area contributed by atoms with Gasteiger partial charge >= 0.3 is 127 Å². The average Bonchev–Trinajstić information content (AvgIpc) is 2.59. The second-order valence-corrected chi connectivity index (χ2v) is 9.00. The van der Waals surface area contributed by atoms with Crippen LogP contribution in [0.3, 0.4) is 0 Å². The van der Waals surface area contributed by atoms with E-state index in [-0.39, 0.29) is 25.8 Å². The number of esters is 1. The normalized spacial score (nSPS) is 12.1. The van der Waals surface area contributed by atoms with Crippen molar-refractivity contribution in [3.8, 4) is 0 Å². The molecule has 0 aromatic rings. The van der Waals surface area contributed by atoms with E-state index in [4.69, 9.17) is 4.74 Å². The summed E-state index contributed by atoms with van der Waals surface area (Å²) >= 11 is 3.76. The molecule has 0 saturated heterocycles. The Morgan fingerprint density at radius 1 is 0.920 bits per heavy atom. The molecule has 0 bridgehead atoms. The van der Waals surface area contributed by atoms with Gasteiger partial charge in [0, 0.05) is 0 Å². The topological polar surface area (TPSA) is 55.4 Å². The molecule has 0 spiro atoms. The molecular formula is C19H37NO3SSe. The van der Waals surface area contributed by atoms with Crippen LogP contribution in [0.5, 0.6) is 0 Å². The Labute approximate surface area is 166 Å². The number of carbonyl (C=O) groups is 2. The van der Waals surface area contributed by atoms with Crippen LogP contribution in [0.25, 0.3) is 0 Å². The van der Waals surface area contributed by atoms with E-state index < -0.39 is 6.04 Å². The summed E-state index contributed by atoms with van der Waals surface area (Å²) in [5.41, 5.74) is 0. The van der Waals surface area contributed by atoms with Crippen molar-refractivity contribution in [3.63, 3.8) is 0 Å². The van der Waals surface area contributed by atoms with E-state index in [1.165, 1.54) is 71.1 Å². The van der Waals surface area contributed by atoms with Crippen LogP contribution in [0.2, 0.25) is 0 Å². The van der Waals surface area contributed by atoms with Crippen LogP contribution in [0.4, 0.5) is 0 Å². The monoisotopic (exact) mass is 439 g/mol. The van der Waals surface area contributed by atoms with Gasteiger partial charge in [-0.15, -0.1) is 0 Å². The molecule has 0 rings (SSSR count). The summed E-state index contributed by atoms with van der Waals surface area (Å²) in [6.07, 6.45) is 15.5. The first-order chi connectivity index (χ1) is 12.1. The maximum absolute atomic E-state index is 11.9. The Balaban J connectivity index is 3.39. The zero-order chi connectivity index (χ0) is 18.8. The fourth-order valence-electron chi connectivity index (χ4n) is 2.53.